The topological polar surface area (TPSA) is 64.4 Å². The van der Waals surface area contributed by atoms with Crippen LogP contribution in [-0.2, 0) is 17.9 Å². The standard InChI is InChI=1S/C15H15N3O3/c1-3-17-7-6-16-13(17)9-18-12-5-4-10(21-2)8-11(12)14(19)15(18)20/h4-8H,3,9H2,1-2H3. The van der Waals surface area contributed by atoms with Crippen molar-refractivity contribution < 1.29 is 14.3 Å². The Hall–Kier alpha value is -2.63. The molecule has 0 saturated heterocycles. The number of nitrogens with zero attached hydrogens (tertiary/aromatic N) is 3. The molecule has 0 atom stereocenters. The van der Waals surface area contributed by atoms with Gasteiger partial charge in [0.25, 0.3) is 11.7 Å². The summed E-state index contributed by atoms with van der Waals surface area (Å²) in [5.41, 5.74) is 0.991. The van der Waals surface area contributed by atoms with Crippen LogP contribution in [0.2, 0.25) is 0 Å². The number of hydrogen-bond donors (Lipinski definition) is 0. The molecule has 0 spiro atoms. The highest BCUT2D eigenvalue weighted by atomic mass is 16.5. The monoisotopic (exact) mass is 285 g/mol. The van der Waals surface area contributed by atoms with Gasteiger partial charge in [0.2, 0.25) is 0 Å². The van der Waals surface area contributed by atoms with Crippen molar-refractivity contribution in [3.8, 4) is 5.75 Å². The van der Waals surface area contributed by atoms with Crippen LogP contribution in [0.1, 0.15) is 23.1 Å². The molecule has 6 nitrogen and oxygen atoms in total. The van der Waals surface area contributed by atoms with Gasteiger partial charge in [-0.05, 0) is 25.1 Å². The molecule has 3 rings (SSSR count). The molecule has 0 fully saturated rings. The Kier molecular flexibility index (Phi) is 3.21. The minimum absolute atomic E-state index is 0.282. The van der Waals surface area contributed by atoms with E-state index >= 15 is 0 Å². The maximum absolute atomic E-state index is 12.2. The first-order valence-corrected chi connectivity index (χ1v) is 6.70. The van der Waals surface area contributed by atoms with E-state index in [0.717, 1.165) is 12.4 Å². The van der Waals surface area contributed by atoms with Gasteiger partial charge in [-0.3, -0.25) is 14.5 Å². The Labute approximate surface area is 122 Å². The van der Waals surface area contributed by atoms with Gasteiger partial charge in [0, 0.05) is 18.9 Å². The van der Waals surface area contributed by atoms with Crippen molar-refractivity contribution in [1.82, 2.24) is 9.55 Å². The number of fused-ring (bicyclic) bond motifs is 1. The number of ketones is 1. The molecule has 21 heavy (non-hydrogen) atoms. The van der Waals surface area contributed by atoms with Crippen molar-refractivity contribution in [3.05, 3.63) is 42.0 Å². The molecule has 2 heterocycles. The average Bonchev–Trinajstić information content (AvgIpc) is 3.06. The molecule has 2 aromatic rings. The van der Waals surface area contributed by atoms with Crippen LogP contribution in [0.5, 0.6) is 5.75 Å². The lowest BCUT2D eigenvalue weighted by Gasteiger charge is -2.16. The zero-order valence-corrected chi connectivity index (χ0v) is 11.9. The molecule has 0 bridgehead atoms. The Morgan fingerprint density at radius 1 is 1.29 bits per heavy atom. The Bertz CT molecular complexity index is 721. The van der Waals surface area contributed by atoms with Crippen LogP contribution in [0.4, 0.5) is 5.69 Å². The molecular weight excluding hydrogens is 270 g/mol. The second-order valence-electron chi connectivity index (χ2n) is 4.73. The Morgan fingerprint density at radius 3 is 2.81 bits per heavy atom. The smallest absolute Gasteiger partial charge is 0.299 e. The predicted octanol–water partition coefficient (Wildman–Crippen LogP) is 1.64. The quantitative estimate of drug-likeness (QED) is 0.801. The number of anilines is 1. The molecule has 0 aliphatic carbocycles. The van der Waals surface area contributed by atoms with Crippen LogP contribution < -0.4 is 9.64 Å². The van der Waals surface area contributed by atoms with Crippen LogP contribution in [0, 0.1) is 0 Å². The minimum Gasteiger partial charge on any atom is -0.497 e. The SMILES string of the molecule is CCn1ccnc1CN1C(=O)C(=O)c2cc(OC)ccc21. The summed E-state index contributed by atoms with van der Waals surface area (Å²) in [6.07, 6.45) is 3.54. The zero-order chi connectivity index (χ0) is 15.0. The molecule has 0 saturated carbocycles. The van der Waals surface area contributed by atoms with E-state index < -0.39 is 11.7 Å². The third-order valence-corrected chi connectivity index (χ3v) is 3.62. The maximum Gasteiger partial charge on any atom is 0.299 e. The van der Waals surface area contributed by atoms with Crippen LogP contribution in [-0.4, -0.2) is 28.4 Å². The highest BCUT2D eigenvalue weighted by molar-refractivity contribution is 6.52. The second-order valence-corrected chi connectivity index (χ2v) is 4.73. The van der Waals surface area contributed by atoms with Crippen LogP contribution >= 0.6 is 0 Å². The van der Waals surface area contributed by atoms with Crippen molar-refractivity contribution >= 4 is 17.4 Å². The molecule has 1 aliphatic heterocycles. The molecule has 108 valence electrons. The summed E-state index contributed by atoms with van der Waals surface area (Å²) >= 11 is 0. The lowest BCUT2D eigenvalue weighted by Crippen LogP contribution is -2.30. The highest BCUT2D eigenvalue weighted by Crippen LogP contribution is 2.32. The van der Waals surface area contributed by atoms with Gasteiger partial charge in [0.05, 0.1) is 24.9 Å². The number of benzene rings is 1. The number of methoxy groups -OCH3 is 1. The summed E-state index contributed by atoms with van der Waals surface area (Å²) in [6.45, 7) is 3.05. The normalized spacial score (nSPS) is 13.7. The van der Waals surface area contributed by atoms with E-state index in [4.69, 9.17) is 4.74 Å². The molecule has 0 N–H and O–H groups in total. The van der Waals surface area contributed by atoms with Gasteiger partial charge in [0.1, 0.15) is 11.6 Å². The number of carbonyl (C=O) groups is 2. The molecule has 1 aliphatic rings. The first-order chi connectivity index (χ1) is 10.2. The summed E-state index contributed by atoms with van der Waals surface area (Å²) in [5.74, 6) is 0.288. The van der Waals surface area contributed by atoms with E-state index in [1.807, 2.05) is 17.7 Å². The Balaban J connectivity index is 1.98. The highest BCUT2D eigenvalue weighted by Gasteiger charge is 2.36. The maximum atomic E-state index is 12.2. The lowest BCUT2D eigenvalue weighted by molar-refractivity contribution is -0.114. The largest absolute Gasteiger partial charge is 0.497 e. The first-order valence-electron chi connectivity index (χ1n) is 6.70. The van der Waals surface area contributed by atoms with Gasteiger partial charge >= 0.3 is 0 Å². The number of aromatic nitrogens is 2. The first kappa shape index (κ1) is 13.4. The van der Waals surface area contributed by atoms with Crippen molar-refractivity contribution in [2.75, 3.05) is 12.0 Å². The summed E-state index contributed by atoms with van der Waals surface area (Å²) < 4.78 is 7.05. The van der Waals surface area contributed by atoms with Crippen LogP contribution in [0.25, 0.3) is 0 Å². The van der Waals surface area contributed by atoms with Crippen LogP contribution in [0.3, 0.4) is 0 Å². The summed E-state index contributed by atoms with van der Waals surface area (Å²) in [6, 6.07) is 5.07. The molecule has 0 unspecified atom stereocenters. The van der Waals surface area contributed by atoms with Gasteiger partial charge in [-0.15, -0.1) is 0 Å². The number of hydrogen-bond acceptors (Lipinski definition) is 4. The third-order valence-electron chi connectivity index (χ3n) is 3.62. The van der Waals surface area contributed by atoms with Crippen molar-refractivity contribution in [2.45, 2.75) is 20.0 Å². The average molecular weight is 285 g/mol. The fourth-order valence-electron chi connectivity index (χ4n) is 2.48. The molecule has 1 amide bonds. The van der Waals surface area contributed by atoms with Gasteiger partial charge in [-0.1, -0.05) is 0 Å². The van der Waals surface area contributed by atoms with E-state index in [0.29, 0.717) is 17.0 Å². The van der Waals surface area contributed by atoms with Crippen LogP contribution in [0.15, 0.2) is 30.6 Å². The molecule has 1 aromatic heterocycles. The molecule has 0 radical (unpaired) electrons. The fourth-order valence-corrected chi connectivity index (χ4v) is 2.48. The van der Waals surface area contributed by atoms with Gasteiger partial charge in [-0.2, -0.15) is 0 Å². The number of imidazole rings is 1. The number of carbonyl (C=O) groups excluding carboxylic acids is 2. The minimum atomic E-state index is -0.524. The number of Topliss-reactive ketones (excluding diaryl/α,β-unsaturated/α-hetero) is 1. The van der Waals surface area contributed by atoms with Crippen molar-refractivity contribution in [1.29, 1.82) is 0 Å². The number of ether oxygens (including phenoxy) is 1. The Morgan fingerprint density at radius 2 is 2.10 bits per heavy atom. The number of aryl methyl sites for hydroxylation is 1. The van der Waals surface area contributed by atoms with Gasteiger partial charge in [-0.25, -0.2) is 4.98 Å². The zero-order valence-electron chi connectivity index (χ0n) is 11.9. The fraction of sp³-hybridized carbons (Fsp3) is 0.267. The van der Waals surface area contributed by atoms with Crippen molar-refractivity contribution in [2.24, 2.45) is 0 Å². The molecule has 1 aromatic carbocycles. The van der Waals surface area contributed by atoms with E-state index in [1.54, 1.807) is 24.4 Å². The summed E-state index contributed by atoms with van der Waals surface area (Å²) in [4.78, 5) is 30.0. The van der Waals surface area contributed by atoms with E-state index in [1.165, 1.54) is 12.0 Å². The van der Waals surface area contributed by atoms with Crippen molar-refractivity contribution in [3.63, 3.8) is 0 Å². The van der Waals surface area contributed by atoms with Gasteiger partial charge in [0.15, 0.2) is 0 Å². The second kappa shape index (κ2) is 5.05. The summed E-state index contributed by atoms with van der Waals surface area (Å²) in [5, 5.41) is 0. The predicted molar refractivity (Wildman–Crippen MR) is 76.4 cm³/mol. The third kappa shape index (κ3) is 2.08. The van der Waals surface area contributed by atoms with E-state index in [2.05, 4.69) is 4.98 Å². The van der Waals surface area contributed by atoms with E-state index in [-0.39, 0.29) is 6.54 Å². The van der Waals surface area contributed by atoms with Gasteiger partial charge < -0.3 is 9.30 Å². The lowest BCUT2D eigenvalue weighted by atomic mass is 10.1. The number of amides is 1. The molecular formula is C15H15N3O3. The summed E-state index contributed by atoms with van der Waals surface area (Å²) in [7, 11) is 1.53. The van der Waals surface area contributed by atoms with E-state index in [9.17, 15) is 9.59 Å². The molecule has 6 heteroatoms. The number of rotatable bonds is 4.